The number of pyridine rings is 1. The smallest absolute Gasteiger partial charge is 0.133 e. The van der Waals surface area contributed by atoms with Crippen molar-refractivity contribution in [3.63, 3.8) is 0 Å². The van der Waals surface area contributed by atoms with Gasteiger partial charge in [-0.25, -0.2) is 44.9 Å². The molecule has 344 valence electrons. The van der Waals surface area contributed by atoms with Crippen LogP contribution in [0.4, 0.5) is 0 Å². The van der Waals surface area contributed by atoms with E-state index in [4.69, 9.17) is 0 Å². The van der Waals surface area contributed by atoms with E-state index >= 15 is 0 Å². The first-order chi connectivity index (χ1) is 28.7. The fourth-order valence-electron chi connectivity index (χ4n) is 4.66. The van der Waals surface area contributed by atoms with Gasteiger partial charge in [-0.2, -0.15) is 0 Å². The third-order valence-corrected chi connectivity index (χ3v) is 9.78. The molecular formula is C52H80N10S. The average Bonchev–Trinajstić information content (AvgIpc) is 3.63. The maximum absolute atomic E-state index is 4.40. The van der Waals surface area contributed by atoms with Gasteiger partial charge in [0.15, 0.2) is 0 Å². The molecule has 6 rings (SSSR count). The molecule has 0 aliphatic carbocycles. The number of aromatic nitrogens is 10. The Balaban J connectivity index is 0.000000378. The van der Waals surface area contributed by atoms with Crippen molar-refractivity contribution < 1.29 is 0 Å². The molecular weight excluding hydrogens is 797 g/mol. The van der Waals surface area contributed by atoms with Crippen LogP contribution in [-0.2, 0) is 32.5 Å². The first kappa shape index (κ1) is 56.1. The van der Waals surface area contributed by atoms with Gasteiger partial charge in [-0.15, -0.1) is 11.3 Å². The third kappa shape index (κ3) is 23.4. The van der Waals surface area contributed by atoms with E-state index in [-0.39, 0.29) is 32.5 Å². The molecule has 10 nitrogen and oxygen atoms in total. The first-order valence-electron chi connectivity index (χ1n) is 21.7. The lowest BCUT2D eigenvalue weighted by atomic mass is 9.92. The highest BCUT2D eigenvalue weighted by Gasteiger charge is 2.19. The molecule has 6 aromatic heterocycles. The van der Waals surface area contributed by atoms with Crippen molar-refractivity contribution in [2.75, 3.05) is 0 Å². The summed E-state index contributed by atoms with van der Waals surface area (Å²) in [4.78, 5) is 42.3. The molecule has 0 fully saturated rings. The monoisotopic (exact) mass is 877 g/mol. The van der Waals surface area contributed by atoms with Gasteiger partial charge in [0.05, 0.1) is 5.01 Å². The Morgan fingerprint density at radius 3 is 1.16 bits per heavy atom. The average molecular weight is 877 g/mol. The summed E-state index contributed by atoms with van der Waals surface area (Å²) in [7, 11) is 0. The molecule has 0 radical (unpaired) electrons. The van der Waals surface area contributed by atoms with Crippen LogP contribution in [0, 0.1) is 27.7 Å². The lowest BCUT2D eigenvalue weighted by Gasteiger charge is -2.16. The second kappa shape index (κ2) is 24.2. The number of hydrogen-bond donors (Lipinski definition) is 0. The maximum atomic E-state index is 4.40. The zero-order valence-corrected chi connectivity index (χ0v) is 43.8. The fourth-order valence-corrected chi connectivity index (χ4v) is 5.54. The molecule has 0 aliphatic rings. The van der Waals surface area contributed by atoms with Crippen LogP contribution < -0.4 is 0 Å². The van der Waals surface area contributed by atoms with Crippen LogP contribution in [-0.4, -0.2) is 49.8 Å². The summed E-state index contributed by atoms with van der Waals surface area (Å²) >= 11 is 1.75. The van der Waals surface area contributed by atoms with Crippen LogP contribution in [0.2, 0.25) is 0 Å². The predicted octanol–water partition coefficient (Wildman–Crippen LogP) is 13.1. The van der Waals surface area contributed by atoms with Crippen molar-refractivity contribution in [2.24, 2.45) is 0 Å². The minimum Gasteiger partial charge on any atom is -0.261 e. The summed E-state index contributed by atoms with van der Waals surface area (Å²) < 4.78 is 0. The van der Waals surface area contributed by atoms with E-state index in [0.29, 0.717) is 0 Å². The third-order valence-electron chi connectivity index (χ3n) is 8.39. The Morgan fingerprint density at radius 1 is 0.365 bits per heavy atom. The summed E-state index contributed by atoms with van der Waals surface area (Å²) in [5.74, 6) is 3.56. The van der Waals surface area contributed by atoms with Crippen molar-refractivity contribution in [1.29, 1.82) is 0 Å². The number of rotatable bonds is 0. The molecule has 6 aromatic rings. The van der Waals surface area contributed by atoms with E-state index in [2.05, 4.69) is 186 Å². The predicted molar refractivity (Wildman–Crippen MR) is 266 cm³/mol. The molecule has 0 spiro atoms. The van der Waals surface area contributed by atoms with Gasteiger partial charge in [-0.1, -0.05) is 131 Å². The van der Waals surface area contributed by atoms with Gasteiger partial charge in [-0.3, -0.25) is 4.98 Å². The van der Waals surface area contributed by atoms with Gasteiger partial charge in [-0.05, 0) is 63.6 Å². The van der Waals surface area contributed by atoms with Gasteiger partial charge < -0.3 is 0 Å². The van der Waals surface area contributed by atoms with Crippen molar-refractivity contribution in [2.45, 2.75) is 185 Å². The molecule has 0 unspecified atom stereocenters. The largest absolute Gasteiger partial charge is 0.261 e. The van der Waals surface area contributed by atoms with Crippen LogP contribution in [0.5, 0.6) is 0 Å². The SMILES string of the molecule is CC(C)(C)c1ccccn1.CC(C)(C)c1ncccn1.Cc1ccnc(C(C)(C)C)n1.Cc1cnc(C(C)(C)C)nc1.Cc1csc(C(C)(C)C)n1.Cc1nccc(C(C)(C)C)n1. The summed E-state index contributed by atoms with van der Waals surface area (Å²) in [5, 5.41) is 3.32. The van der Waals surface area contributed by atoms with E-state index in [1.54, 1.807) is 23.7 Å². The Morgan fingerprint density at radius 2 is 0.841 bits per heavy atom. The van der Waals surface area contributed by atoms with Crippen LogP contribution in [0.25, 0.3) is 0 Å². The molecule has 0 saturated carbocycles. The zero-order valence-electron chi connectivity index (χ0n) is 43.0. The highest BCUT2D eigenvalue weighted by atomic mass is 32.1. The van der Waals surface area contributed by atoms with Gasteiger partial charge in [0, 0.05) is 104 Å². The highest BCUT2D eigenvalue weighted by molar-refractivity contribution is 7.09. The van der Waals surface area contributed by atoms with E-state index in [0.717, 1.165) is 51.6 Å². The van der Waals surface area contributed by atoms with E-state index in [1.165, 1.54) is 5.01 Å². The molecule has 0 atom stereocenters. The van der Waals surface area contributed by atoms with Crippen molar-refractivity contribution >= 4 is 11.3 Å². The second-order valence-electron chi connectivity index (χ2n) is 21.7. The first-order valence-corrected chi connectivity index (χ1v) is 22.6. The number of nitrogens with zero attached hydrogens (tertiary/aromatic N) is 10. The molecule has 0 N–H and O–H groups in total. The van der Waals surface area contributed by atoms with Crippen LogP contribution >= 0.6 is 11.3 Å². The highest BCUT2D eigenvalue weighted by Crippen LogP contribution is 2.25. The van der Waals surface area contributed by atoms with E-state index < -0.39 is 0 Å². The second-order valence-corrected chi connectivity index (χ2v) is 22.5. The van der Waals surface area contributed by atoms with Crippen molar-refractivity contribution in [3.05, 3.63) is 142 Å². The summed E-state index contributed by atoms with van der Waals surface area (Å²) in [6.07, 6.45) is 12.7. The summed E-state index contributed by atoms with van der Waals surface area (Å²) in [5.41, 5.74) is 6.26. The molecule has 0 saturated heterocycles. The quantitative estimate of drug-likeness (QED) is 0.145. The van der Waals surface area contributed by atoms with Crippen LogP contribution in [0.3, 0.4) is 0 Å². The van der Waals surface area contributed by atoms with Crippen LogP contribution in [0.15, 0.2) is 85.2 Å². The minimum absolute atomic E-state index is 0.0615. The Bertz CT molecular complexity index is 2050. The molecule has 11 heteroatoms. The molecule has 0 bridgehead atoms. The molecule has 0 amide bonds. The Labute approximate surface area is 386 Å². The molecule has 0 aliphatic heterocycles. The summed E-state index contributed by atoms with van der Waals surface area (Å²) in [6.45, 7) is 46.4. The van der Waals surface area contributed by atoms with Crippen LogP contribution in [0.1, 0.15) is 181 Å². The molecule has 63 heavy (non-hydrogen) atoms. The van der Waals surface area contributed by atoms with E-state index in [1.807, 2.05) is 89.0 Å². The molecule has 6 heterocycles. The number of aryl methyl sites for hydroxylation is 4. The van der Waals surface area contributed by atoms with Gasteiger partial charge in [0.2, 0.25) is 0 Å². The number of thiazole rings is 1. The van der Waals surface area contributed by atoms with Gasteiger partial charge in [0.1, 0.15) is 23.3 Å². The minimum atomic E-state index is 0.0615. The Hall–Kier alpha value is -4.90. The normalized spacial score (nSPS) is 11.7. The Kier molecular flexibility index (Phi) is 21.6. The zero-order chi connectivity index (χ0) is 48.5. The fraction of sp³-hybridized carbons (Fsp3) is 0.538. The van der Waals surface area contributed by atoms with Crippen molar-refractivity contribution in [1.82, 2.24) is 49.8 Å². The van der Waals surface area contributed by atoms with Gasteiger partial charge >= 0.3 is 0 Å². The van der Waals surface area contributed by atoms with Gasteiger partial charge in [0.25, 0.3) is 0 Å². The number of hydrogen-bond acceptors (Lipinski definition) is 11. The standard InChI is InChI=1S/3C9H14N2.C9H13N.C8H12N2.C8H13NS/c1-7-5-10-8(11-6-7)9(2,3)4;1-7-10-6-5-8(11-7)9(2,3)4;1-7-5-6-10-8(11-7)9(2,3)4;1-9(2,3)8-6-4-5-7-10-8;1-8(2,3)7-9-5-4-6-10-7;1-6-5-10-7(9-6)8(2,3)4/h3*5-6H,1-4H3;4-7H,1-3H3;4-6H,1-3H3;5H,1-4H3. The molecule has 0 aromatic carbocycles. The maximum Gasteiger partial charge on any atom is 0.133 e. The van der Waals surface area contributed by atoms with E-state index in [9.17, 15) is 0 Å². The lowest BCUT2D eigenvalue weighted by molar-refractivity contribution is 0.543. The lowest BCUT2D eigenvalue weighted by Crippen LogP contribution is -2.15. The van der Waals surface area contributed by atoms with Crippen molar-refractivity contribution in [3.8, 4) is 0 Å². The topological polar surface area (TPSA) is 129 Å². The summed E-state index contributed by atoms with van der Waals surface area (Å²) in [6, 6.07) is 11.7.